The zero-order valence-corrected chi connectivity index (χ0v) is 4.22. The van der Waals surface area contributed by atoms with E-state index in [1.807, 2.05) is 0 Å². The number of carbonyl (C=O) groups excluding carboxylic acids is 2. The first kappa shape index (κ1) is 6.14. The molecule has 0 aliphatic rings. The topological polar surface area (TPSA) is 51.4 Å². The predicted octanol–water partition coefficient (Wildman–Crippen LogP) is -1.02. The van der Waals surface area contributed by atoms with E-state index >= 15 is 0 Å². The molecule has 40 valence electrons. The van der Waals surface area contributed by atoms with Gasteiger partial charge in [-0.25, -0.2) is 0 Å². The normalized spacial score (nSPS) is 11.4. The molecule has 0 N–H and O–H groups in total. The largest absolute Gasteiger partial charge is 0.462 e. The highest BCUT2D eigenvalue weighted by Gasteiger charge is 2.07. The molecule has 0 aromatic carbocycles. The van der Waals surface area contributed by atoms with E-state index in [0.717, 1.165) is 0 Å². The fourth-order valence-electron chi connectivity index (χ4n) is 0.0587. The molecule has 0 rings (SSSR count). The fourth-order valence-corrected chi connectivity index (χ4v) is 0.0587. The van der Waals surface area contributed by atoms with Crippen LogP contribution >= 0.6 is 0 Å². The van der Waals surface area contributed by atoms with Crippen LogP contribution in [0.5, 0.6) is 0 Å². The van der Waals surface area contributed by atoms with Gasteiger partial charge in [-0.1, -0.05) is 0 Å². The van der Waals surface area contributed by atoms with Crippen LogP contribution in [0.25, 0.3) is 0 Å². The Hall–Kier alpha value is -0.860. The summed E-state index contributed by atoms with van der Waals surface area (Å²) in [5, 5.41) is 9.31. The van der Waals surface area contributed by atoms with Gasteiger partial charge in [-0.3, -0.25) is 4.79 Å². The lowest BCUT2D eigenvalue weighted by Gasteiger charge is -1.74. The van der Waals surface area contributed by atoms with Crippen molar-refractivity contribution in [1.29, 1.82) is 0 Å². The molecule has 0 radical (unpaired) electrons. The van der Waals surface area contributed by atoms with E-state index in [1.165, 1.54) is 13.8 Å². The number of ketones is 2. The minimum absolute atomic E-state index is 0.0972. The highest BCUT2D eigenvalue weighted by atomic mass is 17.1. The molecule has 0 aromatic heterocycles. The van der Waals surface area contributed by atoms with E-state index in [-0.39, 0.29) is 11.6 Å². The highest BCUT2D eigenvalue weighted by molar-refractivity contribution is 6.35. The standard InChI is InChI=1S/C4H6O3/c1-3(5)4(2)7-6/h1-2H3. The van der Waals surface area contributed by atoms with Crippen LogP contribution < -0.4 is 5.26 Å². The summed E-state index contributed by atoms with van der Waals surface area (Å²) in [4.78, 5) is 10.0. The summed E-state index contributed by atoms with van der Waals surface area (Å²) >= 11 is 0. The Morgan fingerprint density at radius 2 is 2.00 bits per heavy atom. The first-order valence-electron chi connectivity index (χ1n) is 1.82. The van der Waals surface area contributed by atoms with Crippen LogP contribution in [0, 0.1) is 0 Å². The molecule has 0 spiro atoms. The lowest BCUT2D eigenvalue weighted by atomic mass is 10.3. The lowest BCUT2D eigenvalue weighted by Crippen LogP contribution is -2.13. The van der Waals surface area contributed by atoms with Gasteiger partial charge in [0.1, 0.15) is 0 Å². The van der Waals surface area contributed by atoms with Gasteiger partial charge in [-0.2, -0.15) is 4.58 Å². The second kappa shape index (κ2) is 2.34. The van der Waals surface area contributed by atoms with Crippen molar-refractivity contribution in [1.82, 2.24) is 0 Å². The molecule has 3 nitrogen and oxygen atoms in total. The average molecular weight is 102 g/mol. The molecule has 0 aromatic rings. The second-order valence-electron chi connectivity index (χ2n) is 1.20. The molecular weight excluding hydrogens is 96.0 g/mol. The summed E-state index contributed by atoms with van der Waals surface area (Å²) in [7, 11) is 0. The van der Waals surface area contributed by atoms with Crippen molar-refractivity contribution in [3.05, 3.63) is 0 Å². The Labute approximate surface area is 41.2 Å². The van der Waals surface area contributed by atoms with E-state index in [0.29, 0.717) is 0 Å². The van der Waals surface area contributed by atoms with Crippen molar-refractivity contribution in [3.8, 4) is 0 Å². The van der Waals surface area contributed by atoms with Gasteiger partial charge in [-0.05, 0) is 0 Å². The van der Waals surface area contributed by atoms with E-state index in [1.54, 1.807) is 0 Å². The molecule has 0 saturated carbocycles. The molecule has 0 heterocycles. The van der Waals surface area contributed by atoms with Crippen LogP contribution in [0.1, 0.15) is 13.8 Å². The number of rotatable bonds is 1. The van der Waals surface area contributed by atoms with Crippen LogP contribution in [0.4, 0.5) is 0 Å². The van der Waals surface area contributed by atoms with Gasteiger partial charge in [0.05, 0.1) is 6.92 Å². The molecule has 0 atom stereocenters. The maximum Gasteiger partial charge on any atom is 0.391 e. The van der Waals surface area contributed by atoms with Gasteiger partial charge in [0.15, 0.2) is 0 Å². The van der Waals surface area contributed by atoms with Gasteiger partial charge in [0.2, 0.25) is 0 Å². The van der Waals surface area contributed by atoms with Gasteiger partial charge in [0, 0.05) is 6.92 Å². The molecule has 0 amide bonds. The number of Topliss-reactive ketones (excluding diaryl/α,β-unsaturated/α-hetero) is 1. The molecule has 0 fully saturated rings. The first-order chi connectivity index (χ1) is 3.18. The maximum absolute atomic E-state index is 10.0. The Kier molecular flexibility index (Phi) is 2.05. The third-order valence-corrected chi connectivity index (χ3v) is 0.621. The Balaban J connectivity index is 3.82. The third kappa shape index (κ3) is 1.92. The van der Waals surface area contributed by atoms with E-state index in [9.17, 15) is 10.1 Å². The number of carbonyl (C=O) groups is 1. The number of hydrogen-bond acceptors (Lipinski definition) is 2. The average Bonchev–Trinajstić information content (AvgIpc) is 1.65. The minimum Gasteiger partial charge on any atom is -0.462 e. The van der Waals surface area contributed by atoms with Crippen LogP contribution in [-0.4, -0.2) is 11.6 Å². The summed E-state index contributed by atoms with van der Waals surface area (Å²) in [5.74, 6) is -0.421. The van der Waals surface area contributed by atoms with Crippen molar-refractivity contribution < 1.29 is 14.6 Å². The summed E-state index contributed by atoms with van der Waals surface area (Å²) in [6, 6.07) is 0. The monoisotopic (exact) mass is 102 g/mol. The minimum atomic E-state index is -0.324. The zero-order valence-electron chi connectivity index (χ0n) is 4.22. The molecule has 0 saturated heterocycles. The van der Waals surface area contributed by atoms with Crippen molar-refractivity contribution in [2.75, 3.05) is 0 Å². The molecule has 0 unspecified atom stereocenters. The van der Waals surface area contributed by atoms with Crippen molar-refractivity contribution >= 4 is 11.6 Å². The van der Waals surface area contributed by atoms with Gasteiger partial charge < -0.3 is 5.26 Å². The second-order valence-corrected chi connectivity index (χ2v) is 1.20. The molecular formula is C4H6O3. The van der Waals surface area contributed by atoms with Crippen molar-refractivity contribution in [3.63, 3.8) is 0 Å². The fraction of sp³-hybridized carbons (Fsp3) is 0.500. The molecule has 3 heteroatoms. The highest BCUT2D eigenvalue weighted by Crippen LogP contribution is 1.68. The SMILES string of the molecule is CC(=O)C(C)=[O+][O-]. The lowest BCUT2D eigenvalue weighted by molar-refractivity contribution is -1.05. The Morgan fingerprint density at radius 1 is 1.57 bits per heavy atom. The van der Waals surface area contributed by atoms with Gasteiger partial charge >= 0.3 is 5.78 Å². The van der Waals surface area contributed by atoms with E-state index in [4.69, 9.17) is 0 Å². The van der Waals surface area contributed by atoms with Crippen molar-refractivity contribution in [2.24, 2.45) is 0 Å². The molecule has 0 bridgehead atoms. The summed E-state index contributed by atoms with van der Waals surface area (Å²) < 4.78 is 3.33. The van der Waals surface area contributed by atoms with Gasteiger partial charge in [-0.15, -0.1) is 0 Å². The zero-order chi connectivity index (χ0) is 5.86. The maximum atomic E-state index is 10.0. The van der Waals surface area contributed by atoms with Crippen LogP contribution in [-0.2, 0) is 9.37 Å². The van der Waals surface area contributed by atoms with Crippen molar-refractivity contribution in [2.45, 2.75) is 13.8 Å². The van der Waals surface area contributed by atoms with Crippen LogP contribution in [0.3, 0.4) is 0 Å². The summed E-state index contributed by atoms with van der Waals surface area (Å²) in [6.07, 6.45) is 0. The third-order valence-electron chi connectivity index (χ3n) is 0.621. The summed E-state index contributed by atoms with van der Waals surface area (Å²) in [5.41, 5.74) is 0. The molecule has 0 aliphatic carbocycles. The predicted molar refractivity (Wildman–Crippen MR) is 21.4 cm³/mol. The first-order valence-corrected chi connectivity index (χ1v) is 1.82. The molecule has 0 aliphatic heterocycles. The van der Waals surface area contributed by atoms with Crippen LogP contribution in [0.15, 0.2) is 0 Å². The van der Waals surface area contributed by atoms with Crippen LogP contribution in [0.2, 0.25) is 0 Å². The smallest absolute Gasteiger partial charge is 0.391 e. The van der Waals surface area contributed by atoms with Gasteiger partial charge in [0.25, 0.3) is 5.78 Å². The molecule has 7 heavy (non-hydrogen) atoms. The van der Waals surface area contributed by atoms with E-state index in [2.05, 4.69) is 4.58 Å². The Bertz CT molecular complexity index is 104. The number of hydrogen-bond donors (Lipinski definition) is 0. The Morgan fingerprint density at radius 3 is 2.00 bits per heavy atom. The quantitative estimate of drug-likeness (QED) is 0.184. The summed E-state index contributed by atoms with van der Waals surface area (Å²) in [6.45, 7) is 2.60. The van der Waals surface area contributed by atoms with E-state index < -0.39 is 0 Å².